The van der Waals surface area contributed by atoms with E-state index in [4.69, 9.17) is 4.74 Å². The maximum absolute atomic E-state index is 12.8. The summed E-state index contributed by atoms with van der Waals surface area (Å²) in [6, 6.07) is 14.6. The molecule has 2 aromatic rings. The summed E-state index contributed by atoms with van der Waals surface area (Å²) in [5, 5.41) is 0. The molecule has 0 N–H and O–H groups in total. The fourth-order valence-electron chi connectivity index (χ4n) is 3.60. The third-order valence-corrected chi connectivity index (χ3v) is 6.99. The molecule has 1 amide bonds. The van der Waals surface area contributed by atoms with Crippen LogP contribution in [0, 0.1) is 6.92 Å². The van der Waals surface area contributed by atoms with Crippen LogP contribution in [0.1, 0.15) is 11.1 Å². The van der Waals surface area contributed by atoms with Gasteiger partial charge in [-0.25, -0.2) is 8.42 Å². The van der Waals surface area contributed by atoms with Gasteiger partial charge in [0.1, 0.15) is 5.75 Å². The van der Waals surface area contributed by atoms with E-state index >= 15 is 0 Å². The van der Waals surface area contributed by atoms with Crippen molar-refractivity contribution in [3.8, 4) is 5.75 Å². The van der Waals surface area contributed by atoms with Crippen LogP contribution in [0.3, 0.4) is 0 Å². The van der Waals surface area contributed by atoms with Crippen molar-refractivity contribution in [2.24, 2.45) is 0 Å². The SMILES string of the molecule is Cc1cccc(S(=O)(=O)N2CCN(C(=O)[C@H]3Cc4ccccc4O3)CC2)c1. The molecule has 1 fully saturated rings. The van der Waals surface area contributed by atoms with Crippen LogP contribution < -0.4 is 4.74 Å². The predicted octanol–water partition coefficient (Wildman–Crippen LogP) is 1.83. The topological polar surface area (TPSA) is 66.9 Å². The van der Waals surface area contributed by atoms with Crippen LogP contribution in [0.2, 0.25) is 0 Å². The largest absolute Gasteiger partial charge is 0.480 e. The van der Waals surface area contributed by atoms with Crippen molar-refractivity contribution in [2.45, 2.75) is 24.3 Å². The van der Waals surface area contributed by atoms with E-state index < -0.39 is 16.1 Å². The van der Waals surface area contributed by atoms with Crippen LogP contribution in [0.5, 0.6) is 5.75 Å². The minimum atomic E-state index is -3.53. The van der Waals surface area contributed by atoms with Crippen LogP contribution in [-0.2, 0) is 21.2 Å². The van der Waals surface area contributed by atoms with Crippen molar-refractivity contribution in [2.75, 3.05) is 26.2 Å². The molecule has 0 saturated carbocycles. The standard InChI is InChI=1S/C20H22N2O4S/c1-15-5-4-7-17(13-15)27(24,25)22-11-9-21(10-12-22)20(23)19-14-16-6-2-3-8-18(16)26-19/h2-8,13,19H,9-12,14H2,1H3/t19-/m1/s1. The predicted molar refractivity (Wildman–Crippen MR) is 101 cm³/mol. The minimum absolute atomic E-state index is 0.0706. The molecule has 2 aliphatic rings. The van der Waals surface area contributed by atoms with Crippen LogP contribution in [0.4, 0.5) is 0 Å². The van der Waals surface area contributed by atoms with E-state index in [1.54, 1.807) is 23.1 Å². The molecule has 1 saturated heterocycles. The van der Waals surface area contributed by atoms with Gasteiger partial charge >= 0.3 is 0 Å². The van der Waals surface area contributed by atoms with Crippen LogP contribution in [-0.4, -0.2) is 55.8 Å². The molecule has 0 unspecified atom stereocenters. The summed E-state index contributed by atoms with van der Waals surface area (Å²) in [5.74, 6) is 0.690. The molecule has 2 aromatic carbocycles. The second kappa shape index (κ2) is 6.98. The second-order valence-electron chi connectivity index (χ2n) is 6.96. The molecule has 0 aromatic heterocycles. The number of benzene rings is 2. The maximum Gasteiger partial charge on any atom is 0.264 e. The van der Waals surface area contributed by atoms with Gasteiger partial charge < -0.3 is 9.64 Å². The van der Waals surface area contributed by atoms with Gasteiger partial charge in [-0.15, -0.1) is 0 Å². The molecule has 0 aliphatic carbocycles. The Morgan fingerprint density at radius 1 is 1.04 bits per heavy atom. The Morgan fingerprint density at radius 3 is 2.48 bits per heavy atom. The van der Waals surface area contributed by atoms with Crippen molar-refractivity contribution in [1.82, 2.24) is 9.21 Å². The highest BCUT2D eigenvalue weighted by Crippen LogP contribution is 2.29. The molecule has 0 radical (unpaired) electrons. The van der Waals surface area contributed by atoms with Gasteiger partial charge in [0.05, 0.1) is 4.90 Å². The monoisotopic (exact) mass is 386 g/mol. The highest BCUT2D eigenvalue weighted by molar-refractivity contribution is 7.89. The zero-order valence-electron chi connectivity index (χ0n) is 15.2. The van der Waals surface area contributed by atoms with Crippen LogP contribution in [0.15, 0.2) is 53.4 Å². The highest BCUT2D eigenvalue weighted by Gasteiger charge is 2.35. The number of hydrogen-bond donors (Lipinski definition) is 0. The van der Waals surface area contributed by atoms with Gasteiger partial charge in [0.25, 0.3) is 5.91 Å². The Bertz CT molecular complexity index is 940. The average molecular weight is 386 g/mol. The first-order valence-corrected chi connectivity index (χ1v) is 10.5. The first-order valence-electron chi connectivity index (χ1n) is 9.05. The van der Waals surface area contributed by atoms with Crippen LogP contribution in [0.25, 0.3) is 0 Å². The van der Waals surface area contributed by atoms with Gasteiger partial charge in [0.15, 0.2) is 6.10 Å². The Balaban J connectivity index is 1.40. The Labute approximate surface area is 159 Å². The highest BCUT2D eigenvalue weighted by atomic mass is 32.2. The molecule has 27 heavy (non-hydrogen) atoms. The summed E-state index contributed by atoms with van der Waals surface area (Å²) in [6.07, 6.45) is 0.0546. The fourth-order valence-corrected chi connectivity index (χ4v) is 5.12. The van der Waals surface area contributed by atoms with Gasteiger partial charge in [-0.05, 0) is 36.2 Å². The van der Waals surface area contributed by atoms with E-state index in [9.17, 15) is 13.2 Å². The molecule has 7 heteroatoms. The number of para-hydroxylation sites is 1. The molecule has 1 atom stereocenters. The molecular weight excluding hydrogens is 364 g/mol. The number of carbonyl (C=O) groups is 1. The summed E-state index contributed by atoms with van der Waals surface area (Å²) in [4.78, 5) is 14.8. The van der Waals surface area contributed by atoms with Gasteiger partial charge in [0, 0.05) is 32.6 Å². The lowest BCUT2D eigenvalue weighted by molar-refractivity contribution is -0.139. The smallest absolute Gasteiger partial charge is 0.264 e. The molecule has 0 bridgehead atoms. The van der Waals surface area contributed by atoms with Crippen molar-refractivity contribution in [3.05, 3.63) is 59.7 Å². The molecule has 4 rings (SSSR count). The lowest BCUT2D eigenvalue weighted by Crippen LogP contribution is -2.53. The number of aryl methyl sites for hydroxylation is 1. The van der Waals surface area contributed by atoms with E-state index in [0.717, 1.165) is 16.9 Å². The number of nitrogens with zero attached hydrogens (tertiary/aromatic N) is 2. The molecule has 0 spiro atoms. The minimum Gasteiger partial charge on any atom is -0.480 e. The van der Waals surface area contributed by atoms with Crippen LogP contribution >= 0.6 is 0 Å². The van der Waals surface area contributed by atoms with Crippen molar-refractivity contribution >= 4 is 15.9 Å². The average Bonchev–Trinajstić information content (AvgIpc) is 3.12. The number of sulfonamides is 1. The Morgan fingerprint density at radius 2 is 1.78 bits per heavy atom. The fraction of sp³-hybridized carbons (Fsp3) is 0.350. The first kappa shape index (κ1) is 18.0. The third-order valence-electron chi connectivity index (χ3n) is 5.10. The van der Waals surface area contributed by atoms with Gasteiger partial charge in [-0.3, -0.25) is 4.79 Å². The number of rotatable bonds is 3. The summed E-state index contributed by atoms with van der Waals surface area (Å²) in [6.45, 7) is 3.21. The number of piperazine rings is 1. The summed E-state index contributed by atoms with van der Waals surface area (Å²) >= 11 is 0. The van der Waals surface area contributed by atoms with Gasteiger partial charge in [-0.2, -0.15) is 4.31 Å². The lowest BCUT2D eigenvalue weighted by Gasteiger charge is -2.35. The molecule has 2 heterocycles. The zero-order chi connectivity index (χ0) is 19.0. The molecule has 2 aliphatic heterocycles. The quantitative estimate of drug-likeness (QED) is 0.807. The van der Waals surface area contributed by atoms with E-state index in [2.05, 4.69) is 0 Å². The first-order chi connectivity index (χ1) is 12.9. The van der Waals surface area contributed by atoms with Crippen molar-refractivity contribution < 1.29 is 17.9 Å². The maximum atomic E-state index is 12.8. The van der Waals surface area contributed by atoms with E-state index in [0.29, 0.717) is 37.5 Å². The van der Waals surface area contributed by atoms with E-state index in [-0.39, 0.29) is 5.91 Å². The van der Waals surface area contributed by atoms with E-state index in [1.807, 2.05) is 37.3 Å². The number of fused-ring (bicyclic) bond motifs is 1. The number of carbonyl (C=O) groups excluding carboxylic acids is 1. The second-order valence-corrected chi connectivity index (χ2v) is 8.90. The Hall–Kier alpha value is -2.38. The molecular formula is C20H22N2O4S. The summed E-state index contributed by atoms with van der Waals surface area (Å²) < 4.78 is 32.9. The van der Waals surface area contributed by atoms with Crippen molar-refractivity contribution in [3.63, 3.8) is 0 Å². The normalized spacial score (nSPS) is 20.2. The number of hydrogen-bond acceptors (Lipinski definition) is 4. The summed E-state index contributed by atoms with van der Waals surface area (Å²) in [7, 11) is -3.53. The van der Waals surface area contributed by atoms with Gasteiger partial charge in [-0.1, -0.05) is 30.3 Å². The lowest BCUT2D eigenvalue weighted by atomic mass is 10.1. The zero-order valence-corrected chi connectivity index (χ0v) is 16.0. The third kappa shape index (κ3) is 3.44. The van der Waals surface area contributed by atoms with Crippen molar-refractivity contribution in [1.29, 1.82) is 0 Å². The number of ether oxygens (including phenoxy) is 1. The molecule has 6 nitrogen and oxygen atoms in total. The molecule has 142 valence electrons. The van der Waals surface area contributed by atoms with E-state index in [1.165, 1.54) is 4.31 Å². The Kier molecular flexibility index (Phi) is 4.65. The number of amides is 1. The summed E-state index contributed by atoms with van der Waals surface area (Å²) in [5.41, 5.74) is 1.94. The van der Waals surface area contributed by atoms with Gasteiger partial charge in [0.2, 0.25) is 10.0 Å².